The molecule has 2 amide bonds. The Kier molecular flexibility index (Phi) is 23.5. The number of ether oxygens (including phenoxy) is 2. The van der Waals surface area contributed by atoms with Crippen LogP contribution >= 0.6 is 0 Å². The third kappa shape index (κ3) is 16.9. The number of aliphatic hydroxyl groups is 4. The number of aliphatic carboxylic acids is 1. The summed E-state index contributed by atoms with van der Waals surface area (Å²) in [5.41, 5.74) is 9.60. The van der Waals surface area contributed by atoms with Crippen LogP contribution in [0.5, 0.6) is 0 Å². The number of carboxylic acids is 1. The number of nitrogens with one attached hydrogen (secondary N) is 2. The summed E-state index contributed by atoms with van der Waals surface area (Å²) < 4.78 is 43.4. The van der Waals surface area contributed by atoms with Crippen molar-refractivity contribution in [2.45, 2.75) is 153 Å². The van der Waals surface area contributed by atoms with Gasteiger partial charge in [-0.15, -0.1) is 0 Å². The average molecular weight is 1240 g/mol. The van der Waals surface area contributed by atoms with Gasteiger partial charge in [-0.2, -0.15) is 0 Å². The number of benzene rings is 6. The van der Waals surface area contributed by atoms with Crippen molar-refractivity contribution in [3.05, 3.63) is 204 Å². The van der Waals surface area contributed by atoms with Crippen molar-refractivity contribution in [2.75, 3.05) is 10.6 Å². The van der Waals surface area contributed by atoms with E-state index in [9.17, 15) is 53.8 Å². The maximum atomic E-state index is 14.2. The molecule has 0 bridgehead atoms. The van der Waals surface area contributed by atoms with Crippen LogP contribution in [0.3, 0.4) is 0 Å². The van der Waals surface area contributed by atoms with Gasteiger partial charge in [0.15, 0.2) is 5.79 Å². The topological polar surface area (TPSA) is 231 Å². The summed E-state index contributed by atoms with van der Waals surface area (Å²) >= 11 is 0. The van der Waals surface area contributed by atoms with E-state index in [2.05, 4.69) is 10.6 Å². The standard InChI is InChI=1S/C38H42FN2O6.C33H35FN2O5.Ca/c1-25(2)34-33(36(44)40-29-13-7-4-8-14-29)32(26-11-5-3-6-12-26)35(27-15-17-28(39)18-16-27)41(34)22-19-30(42)23-31(43)24-38(45)46-37(47-38)20-9-10-21-37;1-21(2)31-30(33(41)35-25-11-7-4-8-12-25)29(22-9-5-3-6-10-22)32(23-13-15-24(34)16-14-23)36(31)18-17-26(37)19-27(38)20-28(39)40;/h3-8,11-18,25,30-31,42-43H,9-10,19-24H2,1-2H3,(H,40,44);3-16,21,26-27,37-38H,17-20H2,1-2H3,(H,35,41)(H,39,40);/q-1;;+2/p-1/t30-,31-;26-,27-;/m11./s1. The molecule has 18 heteroatoms. The normalized spacial score (nSPS) is 15.3. The second-order valence-electron chi connectivity index (χ2n) is 23.4. The smallest absolute Gasteiger partial charge is 0.806 e. The second-order valence-corrected chi connectivity index (χ2v) is 23.4. The summed E-state index contributed by atoms with van der Waals surface area (Å²) in [4.78, 5) is 39.1. The molecule has 2 fully saturated rings. The molecule has 6 N–H and O–H groups in total. The number of amides is 2. The summed E-state index contributed by atoms with van der Waals surface area (Å²) in [6.07, 6.45) is -1.71. The first-order valence-corrected chi connectivity index (χ1v) is 30.1. The first-order chi connectivity index (χ1) is 42.2. The molecule has 2 aliphatic rings. The van der Waals surface area contributed by atoms with Crippen LogP contribution in [-0.2, 0) is 27.4 Å². The van der Waals surface area contributed by atoms with Crippen LogP contribution in [0.4, 0.5) is 20.2 Å². The van der Waals surface area contributed by atoms with Crippen molar-refractivity contribution in [2.24, 2.45) is 0 Å². The zero-order valence-electron chi connectivity index (χ0n) is 50.6. The fourth-order valence-corrected chi connectivity index (χ4v) is 12.3. The van der Waals surface area contributed by atoms with Crippen LogP contribution in [0.2, 0.25) is 0 Å². The third-order valence-corrected chi connectivity index (χ3v) is 16.0. The number of carbonyl (C=O) groups excluding carboxylic acids is 3. The number of hydrogen-bond acceptors (Lipinski definition) is 11. The Morgan fingerprint density at radius 1 is 0.528 bits per heavy atom. The van der Waals surface area contributed by atoms with Gasteiger partial charge in [0.25, 0.3) is 11.8 Å². The van der Waals surface area contributed by atoms with Crippen molar-refractivity contribution in [1.82, 2.24) is 9.13 Å². The maximum Gasteiger partial charge on any atom is 2.00 e. The van der Waals surface area contributed by atoms with E-state index in [1.807, 2.05) is 146 Å². The number of aromatic nitrogens is 2. The third-order valence-electron chi connectivity index (χ3n) is 16.0. The number of anilines is 2. The molecular weight excluding hydrogens is 1160 g/mol. The Balaban J connectivity index is 0.000000230. The number of aliphatic hydroxyl groups excluding tert-OH is 4. The summed E-state index contributed by atoms with van der Waals surface area (Å²) in [7, 11) is 0. The molecule has 1 aliphatic heterocycles. The van der Waals surface area contributed by atoms with Gasteiger partial charge in [0.05, 0.1) is 46.9 Å². The van der Waals surface area contributed by atoms with Gasteiger partial charge in [-0.3, -0.25) is 9.59 Å². The number of para-hydroxylation sites is 2. The number of rotatable bonds is 24. The van der Waals surface area contributed by atoms with E-state index in [0.717, 1.165) is 41.1 Å². The van der Waals surface area contributed by atoms with Gasteiger partial charge in [-0.05, 0) is 145 Å². The Morgan fingerprint density at radius 3 is 1.25 bits per heavy atom. The quantitative estimate of drug-likeness (QED) is 0.0312. The fourth-order valence-electron chi connectivity index (χ4n) is 12.3. The van der Waals surface area contributed by atoms with Gasteiger partial charge in [0, 0.05) is 78.6 Å². The monoisotopic (exact) mass is 1240 g/mol. The zero-order valence-corrected chi connectivity index (χ0v) is 52.8. The molecule has 1 aliphatic carbocycles. The number of hydrogen-bond donors (Lipinski definition) is 6. The Hall–Kier alpha value is -6.87. The van der Waals surface area contributed by atoms with Crippen molar-refractivity contribution < 1.29 is 63.3 Å². The summed E-state index contributed by atoms with van der Waals surface area (Å²) in [6.45, 7) is 8.54. The van der Waals surface area contributed by atoms with E-state index in [-0.39, 0.29) is 106 Å². The van der Waals surface area contributed by atoms with E-state index >= 15 is 0 Å². The SMILES string of the molecule is CC(C)c1c(C(=O)Nc2ccccc2)c(-c2ccccc2)c(-c2ccc(F)cc2)n1CC[C@@H](O)C[C@@H](O)CC(=O)[O-].CC(C)c1c(C(=O)Nc2ccccc2)c(-c2ccccc2)c(-c2ccc(F)cc2)n1CC[C@@H](O)C[C@@H](O)CC1([O-])OC2(CCCC2)O1.[Ca+2]. The first kappa shape index (κ1) is 68.0. The van der Waals surface area contributed by atoms with Crippen LogP contribution in [0, 0.1) is 11.6 Å². The predicted octanol–water partition coefficient (Wildman–Crippen LogP) is 11.2. The van der Waals surface area contributed by atoms with E-state index in [4.69, 9.17) is 9.47 Å². The molecule has 1 saturated carbocycles. The van der Waals surface area contributed by atoms with Crippen LogP contribution in [-0.4, -0.2) is 121 Å². The summed E-state index contributed by atoms with van der Waals surface area (Å²) in [5.74, 6) is -5.88. The van der Waals surface area contributed by atoms with Gasteiger partial charge < -0.3 is 64.7 Å². The molecule has 10 rings (SSSR count). The minimum atomic E-state index is -2.10. The zero-order chi connectivity index (χ0) is 62.7. The minimum Gasteiger partial charge on any atom is -0.806 e. The molecule has 3 heterocycles. The van der Waals surface area contributed by atoms with Crippen molar-refractivity contribution in [3.8, 4) is 44.8 Å². The van der Waals surface area contributed by atoms with E-state index in [1.165, 1.54) is 24.3 Å². The Bertz CT molecular complexity index is 3610. The van der Waals surface area contributed by atoms with Gasteiger partial charge in [-0.25, -0.2) is 8.78 Å². The molecule has 0 unspecified atom stereocenters. The Morgan fingerprint density at radius 2 is 0.888 bits per heavy atom. The minimum absolute atomic E-state index is 0. The molecule has 1 spiro atoms. The molecule has 462 valence electrons. The van der Waals surface area contributed by atoms with Gasteiger partial charge >= 0.3 is 37.7 Å². The molecular formula is C71H76CaF2N4O11. The van der Waals surface area contributed by atoms with Crippen LogP contribution in [0.25, 0.3) is 44.8 Å². The molecule has 6 aromatic carbocycles. The van der Waals surface area contributed by atoms with E-state index in [1.54, 1.807) is 36.4 Å². The van der Waals surface area contributed by atoms with Gasteiger partial charge in [-0.1, -0.05) is 125 Å². The van der Waals surface area contributed by atoms with Crippen molar-refractivity contribution in [3.63, 3.8) is 0 Å². The van der Waals surface area contributed by atoms with Gasteiger partial charge in [0.1, 0.15) is 17.6 Å². The van der Waals surface area contributed by atoms with Gasteiger partial charge in [0.2, 0.25) is 0 Å². The Labute approximate surface area is 548 Å². The largest absolute Gasteiger partial charge is 2.00 e. The summed E-state index contributed by atoms with van der Waals surface area (Å²) in [5, 5.41) is 72.4. The predicted molar refractivity (Wildman–Crippen MR) is 336 cm³/mol. The summed E-state index contributed by atoms with van der Waals surface area (Å²) in [6, 6.07) is 49.7. The molecule has 0 radical (unpaired) electrons. The van der Waals surface area contributed by atoms with E-state index < -0.39 is 54.4 Å². The molecule has 1 saturated heterocycles. The number of nitrogens with zero attached hydrogens (tertiary/aromatic N) is 2. The van der Waals surface area contributed by atoms with Crippen LogP contribution < -0.4 is 20.8 Å². The molecule has 2 aromatic heterocycles. The van der Waals surface area contributed by atoms with E-state index in [0.29, 0.717) is 69.8 Å². The number of halogens is 2. The number of carbonyl (C=O) groups is 3. The molecule has 8 aromatic rings. The molecule has 89 heavy (non-hydrogen) atoms. The maximum absolute atomic E-state index is 14.2. The molecule has 15 nitrogen and oxygen atoms in total. The number of carboxylic acid groups (broad SMARTS) is 1. The molecule has 4 atom stereocenters. The van der Waals surface area contributed by atoms with Crippen molar-refractivity contribution in [1.29, 1.82) is 0 Å². The second kappa shape index (κ2) is 30.8. The average Bonchev–Trinajstić information content (AvgIpc) is 2.07. The van der Waals surface area contributed by atoms with Crippen molar-refractivity contribution >= 4 is 66.9 Å². The first-order valence-electron chi connectivity index (χ1n) is 30.1. The fraction of sp³-hybridized carbons (Fsp3) is 0.338. The van der Waals surface area contributed by atoms with Crippen LogP contribution in [0.15, 0.2) is 170 Å². The van der Waals surface area contributed by atoms with Crippen LogP contribution in [0.1, 0.15) is 136 Å².